The number of hydrazone groups is 1. The van der Waals surface area contributed by atoms with Crippen molar-refractivity contribution in [3.05, 3.63) is 33.5 Å². The van der Waals surface area contributed by atoms with Crippen LogP contribution < -0.4 is 16.3 Å². The van der Waals surface area contributed by atoms with E-state index in [9.17, 15) is 9.59 Å². The minimum absolute atomic E-state index is 0.138. The predicted octanol–water partition coefficient (Wildman–Crippen LogP) is 0.486. The Kier molecular flexibility index (Phi) is 4.34. The highest BCUT2D eigenvalue weighted by atomic mass is 16.5. The van der Waals surface area contributed by atoms with Crippen molar-refractivity contribution >= 4 is 22.8 Å². The molecule has 9 heteroatoms. The summed E-state index contributed by atoms with van der Waals surface area (Å²) >= 11 is 0. The maximum atomic E-state index is 13.0. The number of imidazole rings is 1. The number of methoxy groups -OCH3 is 1. The molecule has 3 rings (SSSR count). The van der Waals surface area contributed by atoms with E-state index in [-0.39, 0.29) is 18.1 Å². The van der Waals surface area contributed by atoms with E-state index in [0.717, 1.165) is 10.3 Å². The summed E-state index contributed by atoms with van der Waals surface area (Å²) in [5, 5.41) is 6.26. The normalized spacial score (nSPS) is 16.9. The van der Waals surface area contributed by atoms with Crippen molar-refractivity contribution in [2.24, 2.45) is 12.1 Å². The van der Waals surface area contributed by atoms with Crippen LogP contribution in [0.15, 0.2) is 27.3 Å². The summed E-state index contributed by atoms with van der Waals surface area (Å²) in [5.41, 5.74) is 0.811. The van der Waals surface area contributed by atoms with Crippen LogP contribution >= 0.6 is 0 Å². The molecule has 0 N–H and O–H groups in total. The summed E-state index contributed by atoms with van der Waals surface area (Å²) in [7, 11) is 3.23. The quantitative estimate of drug-likeness (QED) is 0.735. The summed E-state index contributed by atoms with van der Waals surface area (Å²) in [4.78, 5) is 30.0. The third kappa shape index (κ3) is 2.51. The highest BCUT2D eigenvalue weighted by molar-refractivity contribution is 5.91. The van der Waals surface area contributed by atoms with Crippen LogP contribution in [0.3, 0.4) is 0 Å². The average molecular weight is 346 g/mol. The Morgan fingerprint density at radius 1 is 1.36 bits per heavy atom. The predicted molar refractivity (Wildman–Crippen MR) is 96.5 cm³/mol. The average Bonchev–Trinajstić information content (AvgIpc) is 3.00. The van der Waals surface area contributed by atoms with Crippen LogP contribution in [-0.2, 0) is 18.3 Å². The van der Waals surface area contributed by atoms with Crippen molar-refractivity contribution in [3.63, 3.8) is 0 Å². The standard InChI is InChI=1S/C16H22N6O3/c1-6-7-20-14(23)12-13(19(4)16(20)24)17-15-21(8-9-25-5)18-10(2)11(3)22(12)15/h6,11H,1,7-9H2,2-5H3/t11-/m1/s1. The van der Waals surface area contributed by atoms with Gasteiger partial charge in [0.1, 0.15) is 0 Å². The summed E-state index contributed by atoms with van der Waals surface area (Å²) in [6.45, 7) is 8.60. The molecule has 0 saturated heterocycles. The Labute approximate surface area is 144 Å². The molecule has 0 spiro atoms. The molecule has 134 valence electrons. The lowest BCUT2D eigenvalue weighted by Crippen LogP contribution is -2.40. The number of fused-ring (bicyclic) bond motifs is 3. The molecule has 0 amide bonds. The molecule has 9 nitrogen and oxygen atoms in total. The zero-order valence-electron chi connectivity index (χ0n) is 14.9. The fourth-order valence-electron chi connectivity index (χ4n) is 3.00. The van der Waals surface area contributed by atoms with E-state index in [2.05, 4.69) is 16.7 Å². The van der Waals surface area contributed by atoms with Gasteiger partial charge in [0.15, 0.2) is 11.2 Å². The van der Waals surface area contributed by atoms with Gasteiger partial charge < -0.3 is 4.74 Å². The molecule has 0 radical (unpaired) electrons. The Bertz CT molecular complexity index is 980. The third-order valence-electron chi connectivity index (χ3n) is 4.48. The Balaban J connectivity index is 2.35. The molecule has 0 bridgehead atoms. The van der Waals surface area contributed by atoms with E-state index in [4.69, 9.17) is 4.74 Å². The highest BCUT2D eigenvalue weighted by Crippen LogP contribution is 2.29. The Morgan fingerprint density at radius 3 is 2.72 bits per heavy atom. The van der Waals surface area contributed by atoms with E-state index in [1.807, 2.05) is 18.4 Å². The van der Waals surface area contributed by atoms with E-state index < -0.39 is 5.69 Å². The first-order valence-corrected chi connectivity index (χ1v) is 8.06. The van der Waals surface area contributed by atoms with Crippen molar-refractivity contribution in [3.8, 4) is 0 Å². The highest BCUT2D eigenvalue weighted by Gasteiger charge is 2.30. The van der Waals surface area contributed by atoms with Gasteiger partial charge in [-0.05, 0) is 13.8 Å². The van der Waals surface area contributed by atoms with Gasteiger partial charge in [-0.3, -0.25) is 18.5 Å². The van der Waals surface area contributed by atoms with Crippen LogP contribution in [0.5, 0.6) is 0 Å². The third-order valence-corrected chi connectivity index (χ3v) is 4.48. The summed E-state index contributed by atoms with van der Waals surface area (Å²) < 4.78 is 9.53. The number of anilines is 1. The second-order valence-corrected chi connectivity index (χ2v) is 6.03. The second-order valence-electron chi connectivity index (χ2n) is 6.03. The first-order valence-electron chi connectivity index (χ1n) is 8.06. The van der Waals surface area contributed by atoms with Crippen LogP contribution in [0.4, 0.5) is 5.95 Å². The van der Waals surface area contributed by atoms with Crippen LogP contribution in [-0.4, -0.2) is 44.7 Å². The Morgan fingerprint density at radius 2 is 2.08 bits per heavy atom. The second kappa shape index (κ2) is 6.32. The lowest BCUT2D eigenvalue weighted by atomic mass is 10.2. The molecule has 0 aromatic carbocycles. The van der Waals surface area contributed by atoms with Gasteiger partial charge >= 0.3 is 5.69 Å². The Hall–Kier alpha value is -2.68. The van der Waals surface area contributed by atoms with Gasteiger partial charge in [0, 0.05) is 20.7 Å². The summed E-state index contributed by atoms with van der Waals surface area (Å²) in [5.74, 6) is 0.536. The van der Waals surface area contributed by atoms with Crippen molar-refractivity contribution in [2.45, 2.75) is 26.4 Å². The van der Waals surface area contributed by atoms with Gasteiger partial charge in [-0.2, -0.15) is 10.1 Å². The van der Waals surface area contributed by atoms with Crippen molar-refractivity contribution in [1.29, 1.82) is 0 Å². The van der Waals surface area contributed by atoms with Crippen LogP contribution in [0.1, 0.15) is 19.9 Å². The number of hydrogen-bond acceptors (Lipinski definition) is 6. The van der Waals surface area contributed by atoms with E-state index in [1.165, 1.54) is 10.6 Å². The number of allylic oxidation sites excluding steroid dienone is 1. The molecule has 1 atom stereocenters. The number of hydrogen-bond donors (Lipinski definition) is 0. The lowest BCUT2D eigenvalue weighted by molar-refractivity contribution is 0.204. The molecule has 0 unspecified atom stereocenters. The van der Waals surface area contributed by atoms with E-state index in [0.29, 0.717) is 30.3 Å². The van der Waals surface area contributed by atoms with Gasteiger partial charge in [-0.25, -0.2) is 9.80 Å². The molecule has 0 fully saturated rings. The van der Waals surface area contributed by atoms with Gasteiger partial charge in [0.25, 0.3) is 5.56 Å². The summed E-state index contributed by atoms with van der Waals surface area (Å²) in [6, 6.07) is -0.138. The summed E-state index contributed by atoms with van der Waals surface area (Å²) in [6.07, 6.45) is 1.53. The van der Waals surface area contributed by atoms with Crippen LogP contribution in [0.2, 0.25) is 0 Å². The first kappa shape index (κ1) is 17.2. The number of ether oxygens (including phenoxy) is 1. The molecular formula is C16H22N6O3. The number of nitrogens with zero attached hydrogens (tertiary/aromatic N) is 6. The molecule has 0 aliphatic carbocycles. The van der Waals surface area contributed by atoms with E-state index in [1.54, 1.807) is 19.2 Å². The van der Waals surface area contributed by atoms with Crippen molar-refractivity contribution in [2.75, 3.05) is 25.3 Å². The molecule has 2 aromatic heterocycles. The smallest absolute Gasteiger partial charge is 0.332 e. The number of rotatable bonds is 5. The maximum Gasteiger partial charge on any atom is 0.332 e. The number of aromatic nitrogens is 4. The number of aryl methyl sites for hydroxylation is 1. The molecule has 1 aliphatic heterocycles. The fourth-order valence-corrected chi connectivity index (χ4v) is 3.00. The molecule has 2 aromatic rings. The van der Waals surface area contributed by atoms with Crippen molar-refractivity contribution < 1.29 is 4.74 Å². The van der Waals surface area contributed by atoms with Crippen molar-refractivity contribution in [1.82, 2.24) is 18.7 Å². The fraction of sp³-hybridized carbons (Fsp3) is 0.500. The molecule has 0 saturated carbocycles. The first-order chi connectivity index (χ1) is 11.9. The van der Waals surface area contributed by atoms with Gasteiger partial charge in [-0.15, -0.1) is 6.58 Å². The molecule has 3 heterocycles. The minimum Gasteiger partial charge on any atom is -0.383 e. The molecule has 1 aliphatic rings. The molecule has 25 heavy (non-hydrogen) atoms. The van der Waals surface area contributed by atoms with Crippen LogP contribution in [0, 0.1) is 0 Å². The van der Waals surface area contributed by atoms with Gasteiger partial charge in [0.05, 0.1) is 24.9 Å². The zero-order valence-corrected chi connectivity index (χ0v) is 14.9. The minimum atomic E-state index is -0.415. The maximum absolute atomic E-state index is 13.0. The largest absolute Gasteiger partial charge is 0.383 e. The SMILES string of the molecule is C=CCn1c(=O)c2c(nc3n2[C@H](C)C(C)=NN3CCOC)n(C)c1=O. The monoisotopic (exact) mass is 346 g/mol. The lowest BCUT2D eigenvalue weighted by Gasteiger charge is -2.28. The zero-order chi connectivity index (χ0) is 18.3. The molecular weight excluding hydrogens is 324 g/mol. The van der Waals surface area contributed by atoms with Gasteiger partial charge in [0.2, 0.25) is 5.95 Å². The van der Waals surface area contributed by atoms with Gasteiger partial charge in [-0.1, -0.05) is 6.08 Å². The van der Waals surface area contributed by atoms with Crippen LogP contribution in [0.25, 0.3) is 11.2 Å². The van der Waals surface area contributed by atoms with E-state index >= 15 is 0 Å². The topological polar surface area (TPSA) is 86.7 Å².